The van der Waals surface area contributed by atoms with Gasteiger partial charge in [-0.3, -0.25) is 0 Å². The molecule has 0 aliphatic heterocycles. The summed E-state index contributed by atoms with van der Waals surface area (Å²) in [6.45, 7) is 0. The summed E-state index contributed by atoms with van der Waals surface area (Å²) in [6.07, 6.45) is 0. The molecule has 0 aromatic carbocycles. The van der Waals surface area contributed by atoms with Crippen LogP contribution in [-0.4, -0.2) is 165 Å². The summed E-state index contributed by atoms with van der Waals surface area (Å²) in [5.74, 6) is 0. The molecule has 0 aromatic rings. The predicted molar refractivity (Wildman–Crippen MR) is 53.4 cm³/mol. The first kappa shape index (κ1) is 202. The van der Waals surface area contributed by atoms with E-state index in [1.165, 1.54) is 0 Å². The van der Waals surface area contributed by atoms with Crippen LogP contribution in [0.15, 0.2) is 0 Å². The Labute approximate surface area is 235 Å². The van der Waals surface area contributed by atoms with Gasteiger partial charge in [-0.1, -0.05) is 0 Å². The molecule has 0 aromatic heterocycles. The molecule has 0 aliphatic rings. The SMILES string of the molecule is O.O.O.O.O.O.O.O.[Ba+2].[H-].[H-].[H-].[H-].[PbH2].[Sr+2].[Ti].[Ti].[Zr]. The van der Waals surface area contributed by atoms with Crippen molar-refractivity contribution in [2.45, 2.75) is 0 Å². The van der Waals surface area contributed by atoms with Crippen LogP contribution < -0.4 is 0 Å². The Kier molecular flexibility index (Phi) is 2480. The van der Waals surface area contributed by atoms with E-state index in [1.807, 2.05) is 0 Å². The number of hydrogen-bond donors (Lipinski definition) is 0. The van der Waals surface area contributed by atoms with Gasteiger partial charge in [-0.15, -0.1) is 0 Å². The first-order chi connectivity index (χ1) is 0. The average molecular weight is 769 g/mol. The van der Waals surface area contributed by atoms with Crippen LogP contribution in [0.1, 0.15) is 5.71 Å². The van der Waals surface area contributed by atoms with Gasteiger partial charge >= 0.3 is 122 Å². The fourth-order valence-corrected chi connectivity index (χ4v) is 0. The van der Waals surface area contributed by atoms with Gasteiger partial charge in [0.1, 0.15) is 0 Å². The van der Waals surface area contributed by atoms with Crippen molar-refractivity contribution >= 4 is 122 Å². The van der Waals surface area contributed by atoms with Crippen LogP contribution in [0.2, 0.25) is 0 Å². The summed E-state index contributed by atoms with van der Waals surface area (Å²) in [5.41, 5.74) is 0. The summed E-state index contributed by atoms with van der Waals surface area (Å²) < 4.78 is 0. The molecule has 16 N–H and O–H groups in total. The van der Waals surface area contributed by atoms with E-state index in [2.05, 4.69) is 0 Å². The molecule has 0 aliphatic carbocycles. The predicted octanol–water partition coefficient (Wildman–Crippen LogP) is -7.83. The molecule has 0 rings (SSSR count). The minimum absolute atomic E-state index is 0. The van der Waals surface area contributed by atoms with Gasteiger partial charge in [-0.05, 0) is 0 Å². The van der Waals surface area contributed by atoms with Crippen molar-refractivity contribution in [1.82, 2.24) is 0 Å². The molecule has 0 heterocycles. The average Bonchev–Trinajstić information content (AvgIpc) is 0. The molecule has 8 nitrogen and oxygen atoms in total. The van der Waals surface area contributed by atoms with Crippen LogP contribution >= 0.6 is 0 Å². The van der Waals surface area contributed by atoms with Gasteiger partial charge in [-0.25, -0.2) is 0 Å². The molecule has 0 saturated carbocycles. The Morgan fingerprint density at radius 3 is 0.500 bits per heavy atom. The molecule has 14 heteroatoms. The smallest absolute Gasteiger partial charge is 0 e. The summed E-state index contributed by atoms with van der Waals surface area (Å²) in [4.78, 5) is 0. The Morgan fingerprint density at radius 2 is 0.500 bits per heavy atom. The largest absolute Gasteiger partial charge is 2.00 e. The van der Waals surface area contributed by atoms with Crippen LogP contribution in [-0.2, 0) is 69.6 Å². The van der Waals surface area contributed by atoms with Crippen molar-refractivity contribution in [2.75, 3.05) is 0 Å². The molecular weight excluding hydrogens is 747 g/mol. The van der Waals surface area contributed by atoms with Gasteiger partial charge in [0, 0.05) is 69.6 Å². The third-order valence-electron chi connectivity index (χ3n) is 0. The van der Waals surface area contributed by atoms with Crippen molar-refractivity contribution in [2.24, 2.45) is 0 Å². The zero-order valence-corrected chi connectivity index (χ0v) is 26.6. The summed E-state index contributed by atoms with van der Waals surface area (Å²) in [6, 6.07) is 0. The van der Waals surface area contributed by atoms with Crippen LogP contribution in [0.4, 0.5) is 0 Å². The Morgan fingerprint density at radius 1 is 0.500 bits per heavy atom. The third-order valence-corrected chi connectivity index (χ3v) is 0. The zero-order valence-electron chi connectivity index (χ0n) is 11.6. The molecule has 90 valence electrons. The van der Waals surface area contributed by atoms with Crippen molar-refractivity contribution in [1.29, 1.82) is 0 Å². The molecule has 0 fully saturated rings. The maximum absolute atomic E-state index is 0. The first-order valence-corrected chi connectivity index (χ1v) is 0. The molecule has 2 radical (unpaired) electrons. The maximum atomic E-state index is 0. The monoisotopic (exact) mass is 770 g/mol. The topological polar surface area (TPSA) is 252 Å². The maximum Gasteiger partial charge on any atom is 2.00 e. The van der Waals surface area contributed by atoms with E-state index >= 15 is 0 Å². The molecule has 0 saturated heterocycles. The molecule has 0 bridgehead atoms. The van der Waals surface area contributed by atoms with E-state index in [4.69, 9.17) is 0 Å². The Hall–Kier alpha value is 5.97. The molecular formula is H22BaO8PbSrTi2Zr. The van der Waals surface area contributed by atoms with E-state index in [1.54, 1.807) is 0 Å². The van der Waals surface area contributed by atoms with E-state index < -0.39 is 0 Å². The van der Waals surface area contributed by atoms with E-state index in [-0.39, 0.29) is 241 Å². The molecule has 0 spiro atoms. The van der Waals surface area contributed by atoms with Crippen molar-refractivity contribution < 1.29 is 119 Å². The van der Waals surface area contributed by atoms with E-state index in [0.29, 0.717) is 0 Å². The third kappa shape index (κ3) is 145. The van der Waals surface area contributed by atoms with Gasteiger partial charge in [0.05, 0.1) is 0 Å². The fraction of sp³-hybridized carbons (Fsp3) is 0. The fourth-order valence-electron chi connectivity index (χ4n) is 0. The second-order valence-electron chi connectivity index (χ2n) is 0. The van der Waals surface area contributed by atoms with Crippen LogP contribution in [0.3, 0.4) is 0 Å². The Bertz CT molecular complexity index is 41.1. The molecule has 14 heavy (non-hydrogen) atoms. The van der Waals surface area contributed by atoms with Gasteiger partial charge in [0.15, 0.2) is 0 Å². The minimum Gasteiger partial charge on any atom is 0 e. The number of rotatable bonds is 0. The minimum atomic E-state index is 0. The van der Waals surface area contributed by atoms with Gasteiger partial charge in [0.2, 0.25) is 0 Å². The second kappa shape index (κ2) is 172. The molecule has 0 atom stereocenters. The van der Waals surface area contributed by atoms with Crippen LogP contribution in [0.25, 0.3) is 0 Å². The summed E-state index contributed by atoms with van der Waals surface area (Å²) in [5, 5.41) is 0. The number of hydrogen-bond acceptors (Lipinski definition) is 0. The molecule has 0 amide bonds. The second-order valence-corrected chi connectivity index (χ2v) is 0. The van der Waals surface area contributed by atoms with Gasteiger partial charge in [-0.2, -0.15) is 0 Å². The van der Waals surface area contributed by atoms with Crippen molar-refractivity contribution in [3.63, 3.8) is 0 Å². The van der Waals surface area contributed by atoms with Crippen LogP contribution in [0, 0.1) is 0 Å². The summed E-state index contributed by atoms with van der Waals surface area (Å²) >= 11 is 0. The quantitative estimate of drug-likeness (QED) is 0.208. The van der Waals surface area contributed by atoms with Crippen molar-refractivity contribution in [3.8, 4) is 0 Å². The van der Waals surface area contributed by atoms with E-state index in [0.717, 1.165) is 0 Å². The standard InChI is InChI=1S/Ba.8H2O.Pb.Sr.2Ti.Zr.6H/h;8*1H2;;;;;;;;;;;/q+2;;;;;;;;;;+2;;;;;;4*-1. The zero-order chi connectivity index (χ0) is 0. The van der Waals surface area contributed by atoms with Gasteiger partial charge in [0.25, 0.3) is 0 Å². The first-order valence-electron chi connectivity index (χ1n) is 0. The van der Waals surface area contributed by atoms with Crippen molar-refractivity contribution in [3.05, 3.63) is 0 Å². The van der Waals surface area contributed by atoms with Crippen LogP contribution in [0.5, 0.6) is 0 Å². The summed E-state index contributed by atoms with van der Waals surface area (Å²) in [7, 11) is 0. The Balaban J connectivity index is 0. The van der Waals surface area contributed by atoms with E-state index in [9.17, 15) is 0 Å². The molecule has 0 unspecified atom stereocenters. The normalized spacial score (nSPS) is 0. The van der Waals surface area contributed by atoms with Gasteiger partial charge < -0.3 is 49.5 Å².